The fourth-order valence-electron chi connectivity index (χ4n) is 3.39. The van der Waals surface area contributed by atoms with Crippen LogP contribution in [0.2, 0.25) is 0 Å². The van der Waals surface area contributed by atoms with Crippen LogP contribution in [0.1, 0.15) is 27.0 Å². The highest BCUT2D eigenvalue weighted by atomic mass is 16.6. The Kier molecular flexibility index (Phi) is 3.30. The van der Waals surface area contributed by atoms with Gasteiger partial charge in [-0.1, -0.05) is 42.5 Å². The van der Waals surface area contributed by atoms with E-state index in [4.69, 9.17) is 4.74 Å². The molecule has 0 bridgehead atoms. The highest BCUT2D eigenvalue weighted by Crippen LogP contribution is 2.54. The molecule has 0 fully saturated rings. The predicted molar refractivity (Wildman–Crippen MR) is 91.3 cm³/mol. The number of hydrogen-bond acceptors (Lipinski definition) is 6. The molecule has 0 atom stereocenters. The lowest BCUT2D eigenvalue weighted by Crippen LogP contribution is -2.29. The van der Waals surface area contributed by atoms with Gasteiger partial charge in [-0.2, -0.15) is 0 Å². The molecule has 1 aliphatic heterocycles. The second-order valence-corrected chi connectivity index (χ2v) is 5.96. The summed E-state index contributed by atoms with van der Waals surface area (Å²) in [6, 6.07) is 15.1. The Labute approximate surface area is 148 Å². The molecule has 0 spiro atoms. The fourth-order valence-corrected chi connectivity index (χ4v) is 3.39. The van der Waals surface area contributed by atoms with Crippen LogP contribution in [0.3, 0.4) is 0 Å². The summed E-state index contributed by atoms with van der Waals surface area (Å²) in [4.78, 5) is 12.5. The van der Waals surface area contributed by atoms with Gasteiger partial charge < -0.3 is 25.2 Å². The van der Waals surface area contributed by atoms with Gasteiger partial charge in [-0.3, -0.25) is 0 Å². The molecule has 4 N–H and O–H groups in total. The van der Waals surface area contributed by atoms with Crippen molar-refractivity contribution in [1.82, 2.24) is 0 Å². The molecule has 0 amide bonds. The summed E-state index contributed by atoms with van der Waals surface area (Å²) in [6.07, 6.45) is 0. The Bertz CT molecular complexity index is 989. The number of carbonyl (C=O) groups excluding carboxylic acids is 1. The van der Waals surface area contributed by atoms with Crippen molar-refractivity contribution < 1.29 is 30.0 Å². The van der Waals surface area contributed by atoms with Gasteiger partial charge in [-0.25, -0.2) is 4.79 Å². The number of fused-ring (bicyclic) bond motifs is 1. The van der Waals surface area contributed by atoms with Crippen molar-refractivity contribution in [3.8, 4) is 23.0 Å². The van der Waals surface area contributed by atoms with E-state index in [-0.39, 0.29) is 16.7 Å². The normalized spacial score (nSPS) is 14.7. The number of carbonyl (C=O) groups is 1. The van der Waals surface area contributed by atoms with E-state index in [9.17, 15) is 25.2 Å². The molecule has 3 aromatic carbocycles. The molecular weight excluding hydrogens is 336 g/mol. The van der Waals surface area contributed by atoms with Crippen LogP contribution < -0.4 is 0 Å². The Morgan fingerprint density at radius 3 is 1.73 bits per heavy atom. The van der Waals surface area contributed by atoms with Gasteiger partial charge in [0.2, 0.25) is 0 Å². The molecule has 0 saturated carbocycles. The fraction of sp³-hybridized carbons (Fsp3) is 0.0500. The van der Waals surface area contributed by atoms with Crippen LogP contribution in [0.4, 0.5) is 0 Å². The first-order valence-electron chi connectivity index (χ1n) is 7.82. The van der Waals surface area contributed by atoms with Crippen LogP contribution in [-0.4, -0.2) is 26.4 Å². The van der Waals surface area contributed by atoms with Crippen molar-refractivity contribution in [2.24, 2.45) is 0 Å². The number of rotatable bonds is 2. The second-order valence-electron chi connectivity index (χ2n) is 5.96. The monoisotopic (exact) mass is 350 g/mol. The van der Waals surface area contributed by atoms with E-state index < -0.39 is 34.6 Å². The first-order chi connectivity index (χ1) is 12.5. The quantitative estimate of drug-likeness (QED) is 0.418. The van der Waals surface area contributed by atoms with Crippen molar-refractivity contribution in [1.29, 1.82) is 0 Å². The first kappa shape index (κ1) is 15.8. The lowest BCUT2D eigenvalue weighted by molar-refractivity contribution is 0.0237. The minimum atomic E-state index is -1.72. The summed E-state index contributed by atoms with van der Waals surface area (Å²) < 4.78 is 5.68. The lowest BCUT2D eigenvalue weighted by Gasteiger charge is -2.31. The standard InChI is InChI=1S/C20H14O6/c21-15-9-3-7-13(17(15)23)20(14-8-4-10-16(22)18(14)24)12-6-2-1-5-11(12)19(25)26-20/h1-10,21-24H. The summed E-state index contributed by atoms with van der Waals surface area (Å²) in [6.45, 7) is 0. The maximum atomic E-state index is 12.5. The Balaban J connectivity index is 2.16. The number of aromatic hydroxyl groups is 4. The van der Waals surface area contributed by atoms with Gasteiger partial charge in [0.05, 0.1) is 16.7 Å². The Hall–Kier alpha value is -3.67. The largest absolute Gasteiger partial charge is 0.504 e. The van der Waals surface area contributed by atoms with Crippen LogP contribution in [0.15, 0.2) is 60.7 Å². The summed E-state index contributed by atoms with van der Waals surface area (Å²) in [5.74, 6) is -2.42. The Morgan fingerprint density at radius 2 is 1.15 bits per heavy atom. The lowest BCUT2D eigenvalue weighted by atomic mass is 9.79. The van der Waals surface area contributed by atoms with Crippen molar-refractivity contribution in [2.75, 3.05) is 0 Å². The van der Waals surface area contributed by atoms with Crippen LogP contribution in [0, 0.1) is 0 Å². The number of cyclic esters (lactones) is 1. The van der Waals surface area contributed by atoms with Gasteiger partial charge in [0.15, 0.2) is 28.6 Å². The van der Waals surface area contributed by atoms with Gasteiger partial charge in [-0.05, 0) is 18.2 Å². The van der Waals surface area contributed by atoms with Crippen LogP contribution >= 0.6 is 0 Å². The molecule has 0 aliphatic carbocycles. The topological polar surface area (TPSA) is 107 Å². The van der Waals surface area contributed by atoms with E-state index >= 15 is 0 Å². The van der Waals surface area contributed by atoms with E-state index in [0.29, 0.717) is 5.56 Å². The second kappa shape index (κ2) is 5.42. The highest BCUT2D eigenvalue weighted by molar-refractivity contribution is 5.96. The molecule has 0 unspecified atom stereocenters. The minimum Gasteiger partial charge on any atom is -0.504 e. The zero-order valence-electron chi connectivity index (χ0n) is 13.4. The van der Waals surface area contributed by atoms with Crippen LogP contribution in [0.5, 0.6) is 23.0 Å². The third-order valence-electron chi connectivity index (χ3n) is 4.56. The maximum Gasteiger partial charge on any atom is 0.340 e. The van der Waals surface area contributed by atoms with Crippen molar-refractivity contribution >= 4 is 5.97 Å². The summed E-state index contributed by atoms with van der Waals surface area (Å²) in [7, 11) is 0. The zero-order valence-corrected chi connectivity index (χ0v) is 13.4. The molecule has 0 saturated heterocycles. The smallest absolute Gasteiger partial charge is 0.340 e. The molecule has 3 aromatic rings. The molecule has 0 radical (unpaired) electrons. The van der Waals surface area contributed by atoms with Crippen LogP contribution in [0.25, 0.3) is 0 Å². The summed E-state index contributed by atoms with van der Waals surface area (Å²) in [5, 5.41) is 40.9. The highest BCUT2D eigenvalue weighted by Gasteiger charge is 2.51. The van der Waals surface area contributed by atoms with Gasteiger partial charge in [0.1, 0.15) is 0 Å². The van der Waals surface area contributed by atoms with E-state index in [1.54, 1.807) is 24.3 Å². The summed E-state index contributed by atoms with van der Waals surface area (Å²) >= 11 is 0. The summed E-state index contributed by atoms with van der Waals surface area (Å²) in [5.41, 5.74) is -0.947. The Morgan fingerprint density at radius 1 is 0.654 bits per heavy atom. The maximum absolute atomic E-state index is 12.5. The molecule has 26 heavy (non-hydrogen) atoms. The van der Waals surface area contributed by atoms with E-state index in [1.165, 1.54) is 36.4 Å². The van der Waals surface area contributed by atoms with Gasteiger partial charge in [0.25, 0.3) is 0 Å². The first-order valence-corrected chi connectivity index (χ1v) is 7.82. The molecule has 1 heterocycles. The number of hydrogen-bond donors (Lipinski definition) is 4. The van der Waals surface area contributed by atoms with Crippen molar-refractivity contribution in [3.63, 3.8) is 0 Å². The van der Waals surface area contributed by atoms with Gasteiger partial charge >= 0.3 is 5.97 Å². The number of ether oxygens (including phenoxy) is 1. The zero-order chi connectivity index (χ0) is 18.5. The average molecular weight is 350 g/mol. The van der Waals surface area contributed by atoms with Crippen molar-refractivity contribution in [2.45, 2.75) is 5.60 Å². The third-order valence-corrected chi connectivity index (χ3v) is 4.56. The van der Waals surface area contributed by atoms with E-state index in [0.717, 1.165) is 0 Å². The number of benzene rings is 3. The predicted octanol–water partition coefficient (Wildman–Crippen LogP) is 2.97. The molecule has 130 valence electrons. The van der Waals surface area contributed by atoms with Crippen LogP contribution in [-0.2, 0) is 10.3 Å². The van der Waals surface area contributed by atoms with Gasteiger partial charge in [0, 0.05) is 5.56 Å². The SMILES string of the molecule is O=C1OC(c2cccc(O)c2O)(c2cccc(O)c2O)c2ccccc21. The molecule has 0 aromatic heterocycles. The van der Waals surface area contributed by atoms with E-state index in [2.05, 4.69) is 0 Å². The average Bonchev–Trinajstić information content (AvgIpc) is 2.94. The van der Waals surface area contributed by atoms with E-state index in [1.807, 2.05) is 0 Å². The molecule has 1 aliphatic rings. The minimum absolute atomic E-state index is 0.0664. The molecule has 6 nitrogen and oxygen atoms in total. The molecular formula is C20H14O6. The van der Waals surface area contributed by atoms with Crippen molar-refractivity contribution in [3.05, 3.63) is 82.9 Å². The number of phenolic OH excluding ortho intramolecular Hbond substituents is 4. The number of esters is 1. The third kappa shape index (κ3) is 1.96. The number of para-hydroxylation sites is 2. The number of phenols is 4. The van der Waals surface area contributed by atoms with Gasteiger partial charge in [-0.15, -0.1) is 0 Å². The molecule has 6 heteroatoms. The molecule has 4 rings (SSSR count).